The van der Waals surface area contributed by atoms with Crippen LogP contribution in [0.3, 0.4) is 0 Å². The van der Waals surface area contributed by atoms with Crippen molar-refractivity contribution in [2.75, 3.05) is 0 Å². The number of aliphatic hydroxyl groups is 1. The predicted molar refractivity (Wildman–Crippen MR) is 68.7 cm³/mol. The highest BCUT2D eigenvalue weighted by atomic mass is 35.5. The predicted octanol–water partition coefficient (Wildman–Crippen LogP) is 2.59. The Labute approximate surface area is 107 Å². The van der Waals surface area contributed by atoms with Gasteiger partial charge < -0.3 is 10.8 Å². The van der Waals surface area contributed by atoms with Gasteiger partial charge >= 0.3 is 0 Å². The number of primary amides is 1. The van der Waals surface area contributed by atoms with Crippen LogP contribution in [0, 0.1) is 0 Å². The third-order valence-electron chi connectivity index (χ3n) is 2.83. The van der Waals surface area contributed by atoms with Gasteiger partial charge in [-0.1, -0.05) is 37.1 Å². The molecule has 94 valence electrons. The molecule has 1 atom stereocenters. The zero-order valence-electron chi connectivity index (χ0n) is 9.95. The van der Waals surface area contributed by atoms with E-state index in [0.29, 0.717) is 17.9 Å². The van der Waals surface area contributed by atoms with Crippen molar-refractivity contribution < 1.29 is 9.90 Å². The molecule has 4 heteroatoms. The van der Waals surface area contributed by atoms with Crippen molar-refractivity contribution in [1.29, 1.82) is 0 Å². The Hall–Kier alpha value is -1.06. The number of rotatable bonds is 6. The van der Waals surface area contributed by atoms with E-state index in [1.807, 2.05) is 6.92 Å². The van der Waals surface area contributed by atoms with E-state index in [2.05, 4.69) is 0 Å². The Morgan fingerprint density at radius 1 is 1.35 bits per heavy atom. The van der Waals surface area contributed by atoms with Gasteiger partial charge in [0.25, 0.3) is 0 Å². The first kappa shape index (κ1) is 14.0. The van der Waals surface area contributed by atoms with Crippen LogP contribution in [0.5, 0.6) is 0 Å². The molecule has 17 heavy (non-hydrogen) atoms. The summed E-state index contributed by atoms with van der Waals surface area (Å²) in [5, 5.41) is 11.2. The lowest BCUT2D eigenvalue weighted by atomic mass is 9.85. The molecule has 0 aliphatic rings. The molecule has 0 aromatic heterocycles. The average Bonchev–Trinajstić information content (AvgIpc) is 2.28. The second kappa shape index (κ2) is 6.03. The summed E-state index contributed by atoms with van der Waals surface area (Å²) in [4.78, 5) is 10.8. The van der Waals surface area contributed by atoms with Crippen LogP contribution in [0.4, 0.5) is 0 Å². The van der Waals surface area contributed by atoms with Crippen molar-refractivity contribution in [3.63, 3.8) is 0 Å². The Morgan fingerprint density at radius 3 is 2.41 bits per heavy atom. The quantitative estimate of drug-likeness (QED) is 0.821. The maximum atomic E-state index is 10.8. The second-order valence-electron chi connectivity index (χ2n) is 4.25. The molecule has 3 N–H and O–H groups in total. The maximum Gasteiger partial charge on any atom is 0.217 e. The largest absolute Gasteiger partial charge is 0.385 e. The van der Waals surface area contributed by atoms with Gasteiger partial charge in [0, 0.05) is 11.4 Å². The van der Waals surface area contributed by atoms with Crippen LogP contribution in [-0.4, -0.2) is 11.0 Å². The van der Waals surface area contributed by atoms with Gasteiger partial charge in [0.1, 0.15) is 0 Å². The number of amides is 1. The summed E-state index contributed by atoms with van der Waals surface area (Å²) in [6.07, 6.45) is 1.96. The highest BCUT2D eigenvalue weighted by Crippen LogP contribution is 2.32. The Kier molecular flexibility index (Phi) is 4.97. The van der Waals surface area contributed by atoms with E-state index in [4.69, 9.17) is 17.3 Å². The maximum absolute atomic E-state index is 10.8. The summed E-state index contributed by atoms with van der Waals surface area (Å²) in [6.45, 7) is 1.99. The van der Waals surface area contributed by atoms with Gasteiger partial charge in [-0.25, -0.2) is 0 Å². The monoisotopic (exact) mass is 255 g/mol. The summed E-state index contributed by atoms with van der Waals surface area (Å²) in [6, 6.07) is 7.06. The van der Waals surface area contributed by atoms with Crippen molar-refractivity contribution in [3.05, 3.63) is 34.9 Å². The fourth-order valence-corrected chi connectivity index (χ4v) is 2.04. The Bertz CT molecular complexity index is 378. The zero-order chi connectivity index (χ0) is 12.9. The smallest absolute Gasteiger partial charge is 0.217 e. The standard InChI is InChI=1S/C13H18ClNO2/c1-2-8-13(17,9-7-12(15)16)10-3-5-11(14)6-4-10/h3-6,17H,2,7-9H2,1H3,(H2,15,16). The summed E-state index contributed by atoms with van der Waals surface area (Å²) in [5.41, 5.74) is 4.92. The van der Waals surface area contributed by atoms with Crippen molar-refractivity contribution in [1.82, 2.24) is 0 Å². The van der Waals surface area contributed by atoms with E-state index >= 15 is 0 Å². The van der Waals surface area contributed by atoms with Gasteiger partial charge in [0.05, 0.1) is 5.60 Å². The molecular weight excluding hydrogens is 238 g/mol. The summed E-state index contributed by atoms with van der Waals surface area (Å²) in [7, 11) is 0. The summed E-state index contributed by atoms with van der Waals surface area (Å²) < 4.78 is 0. The third-order valence-corrected chi connectivity index (χ3v) is 3.08. The zero-order valence-corrected chi connectivity index (χ0v) is 10.7. The van der Waals surface area contributed by atoms with Crippen LogP contribution in [-0.2, 0) is 10.4 Å². The number of nitrogens with two attached hydrogens (primary N) is 1. The lowest BCUT2D eigenvalue weighted by Crippen LogP contribution is -2.27. The highest BCUT2D eigenvalue weighted by Gasteiger charge is 2.28. The first-order valence-electron chi connectivity index (χ1n) is 5.74. The molecule has 0 fully saturated rings. The Balaban J connectivity index is 2.89. The number of benzene rings is 1. The van der Waals surface area contributed by atoms with E-state index in [1.54, 1.807) is 24.3 Å². The molecule has 0 aliphatic heterocycles. The number of carbonyl (C=O) groups is 1. The van der Waals surface area contributed by atoms with Gasteiger partial charge in [-0.15, -0.1) is 0 Å². The molecule has 1 amide bonds. The van der Waals surface area contributed by atoms with Crippen molar-refractivity contribution in [3.8, 4) is 0 Å². The van der Waals surface area contributed by atoms with E-state index in [-0.39, 0.29) is 6.42 Å². The minimum Gasteiger partial charge on any atom is -0.385 e. The van der Waals surface area contributed by atoms with Crippen molar-refractivity contribution in [2.24, 2.45) is 5.73 Å². The average molecular weight is 256 g/mol. The molecule has 0 bridgehead atoms. The molecule has 0 aliphatic carbocycles. The fraction of sp³-hybridized carbons (Fsp3) is 0.462. The first-order valence-corrected chi connectivity index (χ1v) is 6.12. The van der Waals surface area contributed by atoms with Crippen LogP contribution < -0.4 is 5.73 Å². The molecule has 0 saturated carbocycles. The van der Waals surface area contributed by atoms with E-state index in [9.17, 15) is 9.90 Å². The van der Waals surface area contributed by atoms with E-state index < -0.39 is 11.5 Å². The lowest BCUT2D eigenvalue weighted by Gasteiger charge is -2.28. The van der Waals surface area contributed by atoms with Crippen LogP contribution in [0.15, 0.2) is 24.3 Å². The van der Waals surface area contributed by atoms with Gasteiger partial charge in [-0.05, 0) is 30.5 Å². The molecule has 0 radical (unpaired) electrons. The van der Waals surface area contributed by atoms with Crippen LogP contribution in [0.1, 0.15) is 38.2 Å². The molecule has 3 nitrogen and oxygen atoms in total. The molecule has 1 unspecified atom stereocenters. The first-order chi connectivity index (χ1) is 7.98. The number of carbonyl (C=O) groups excluding carboxylic acids is 1. The van der Waals surface area contributed by atoms with Crippen LogP contribution >= 0.6 is 11.6 Å². The summed E-state index contributed by atoms with van der Waals surface area (Å²) >= 11 is 5.81. The van der Waals surface area contributed by atoms with E-state index in [1.165, 1.54) is 0 Å². The highest BCUT2D eigenvalue weighted by molar-refractivity contribution is 6.30. The van der Waals surface area contributed by atoms with Crippen molar-refractivity contribution >= 4 is 17.5 Å². The Morgan fingerprint density at radius 2 is 1.94 bits per heavy atom. The van der Waals surface area contributed by atoms with Crippen LogP contribution in [0.25, 0.3) is 0 Å². The lowest BCUT2D eigenvalue weighted by molar-refractivity contribution is -0.119. The second-order valence-corrected chi connectivity index (χ2v) is 4.69. The normalized spacial score (nSPS) is 14.3. The summed E-state index contributed by atoms with van der Waals surface area (Å²) in [5.74, 6) is -0.395. The van der Waals surface area contributed by atoms with Gasteiger partial charge in [-0.3, -0.25) is 4.79 Å². The molecular formula is C13H18ClNO2. The molecule has 1 rings (SSSR count). The number of hydrogen-bond acceptors (Lipinski definition) is 2. The SMILES string of the molecule is CCCC(O)(CCC(N)=O)c1ccc(Cl)cc1. The van der Waals surface area contributed by atoms with Gasteiger partial charge in [0.2, 0.25) is 5.91 Å². The number of hydrogen-bond donors (Lipinski definition) is 2. The fourth-order valence-electron chi connectivity index (χ4n) is 1.92. The van der Waals surface area contributed by atoms with Gasteiger partial charge in [0.15, 0.2) is 0 Å². The van der Waals surface area contributed by atoms with Gasteiger partial charge in [-0.2, -0.15) is 0 Å². The topological polar surface area (TPSA) is 63.3 Å². The molecule has 0 heterocycles. The molecule has 1 aromatic rings. The molecule has 1 aromatic carbocycles. The molecule has 0 saturated heterocycles. The van der Waals surface area contributed by atoms with Crippen molar-refractivity contribution in [2.45, 2.75) is 38.2 Å². The minimum absolute atomic E-state index is 0.180. The number of halogens is 1. The van der Waals surface area contributed by atoms with Crippen LogP contribution in [0.2, 0.25) is 5.02 Å². The van der Waals surface area contributed by atoms with E-state index in [0.717, 1.165) is 12.0 Å². The molecule has 0 spiro atoms. The third kappa shape index (κ3) is 4.02. The minimum atomic E-state index is -0.992.